The first-order valence-corrected chi connectivity index (χ1v) is 6.89. The minimum absolute atomic E-state index is 0.170. The molecule has 0 radical (unpaired) electrons. The van der Waals surface area contributed by atoms with E-state index in [1.54, 1.807) is 11.7 Å². The molecular formula is C12H15ClN6O3. The predicted octanol–water partition coefficient (Wildman–Crippen LogP) is 1.77. The quantitative estimate of drug-likeness (QED) is 0.665. The van der Waals surface area contributed by atoms with Gasteiger partial charge in [0.05, 0.1) is 5.69 Å². The molecule has 0 aliphatic rings. The Bertz CT molecular complexity index is 723. The average Bonchev–Trinajstić information content (AvgIpc) is 3.01. The number of carbonyl (C=O) groups is 1. The molecule has 1 N–H and O–H groups in total. The molecule has 9 nitrogen and oxygen atoms in total. The highest BCUT2D eigenvalue weighted by molar-refractivity contribution is 6.35. The number of nitro groups is 1. The first-order valence-electron chi connectivity index (χ1n) is 6.51. The van der Waals surface area contributed by atoms with Crippen molar-refractivity contribution < 1.29 is 9.72 Å². The lowest BCUT2D eigenvalue weighted by atomic mass is 10.2. The maximum absolute atomic E-state index is 12.3. The molecular weight excluding hydrogens is 312 g/mol. The van der Waals surface area contributed by atoms with E-state index in [-0.39, 0.29) is 10.7 Å². The van der Waals surface area contributed by atoms with E-state index in [1.165, 1.54) is 4.90 Å². The molecule has 0 aliphatic carbocycles. The van der Waals surface area contributed by atoms with Gasteiger partial charge >= 0.3 is 5.82 Å². The van der Waals surface area contributed by atoms with Crippen LogP contribution in [0, 0.1) is 17.0 Å². The Morgan fingerprint density at radius 1 is 1.59 bits per heavy atom. The third kappa shape index (κ3) is 2.93. The van der Waals surface area contributed by atoms with Gasteiger partial charge in [0.25, 0.3) is 5.91 Å². The van der Waals surface area contributed by atoms with Crippen LogP contribution in [0.1, 0.15) is 28.7 Å². The molecule has 10 heteroatoms. The van der Waals surface area contributed by atoms with Crippen LogP contribution in [0.2, 0.25) is 5.02 Å². The monoisotopic (exact) mass is 326 g/mol. The molecule has 0 aliphatic heterocycles. The molecule has 0 spiro atoms. The summed E-state index contributed by atoms with van der Waals surface area (Å²) in [7, 11) is 1.57. The number of nitrogens with zero attached hydrogens (tertiary/aromatic N) is 5. The van der Waals surface area contributed by atoms with Gasteiger partial charge < -0.3 is 15.0 Å². The Labute approximate surface area is 131 Å². The molecule has 2 aromatic rings. The zero-order valence-corrected chi connectivity index (χ0v) is 13.1. The van der Waals surface area contributed by atoms with Gasteiger partial charge in [0.2, 0.25) is 0 Å². The number of carbonyl (C=O) groups excluding carboxylic acids is 1. The van der Waals surface area contributed by atoms with Gasteiger partial charge in [-0.1, -0.05) is 16.7 Å². The smallest absolute Gasteiger partial charge is 0.358 e. The Hall–Kier alpha value is -2.42. The maximum atomic E-state index is 12.3. The first-order chi connectivity index (χ1) is 10.3. The summed E-state index contributed by atoms with van der Waals surface area (Å²) >= 11 is 5.82. The van der Waals surface area contributed by atoms with E-state index < -0.39 is 16.6 Å². The lowest BCUT2D eigenvalue weighted by molar-refractivity contribution is -0.389. The van der Waals surface area contributed by atoms with Gasteiger partial charge in [-0.05, 0) is 18.8 Å². The number of H-pyrrole nitrogens is 1. The van der Waals surface area contributed by atoms with Gasteiger partial charge in [-0.15, -0.1) is 5.10 Å². The third-order valence-corrected chi connectivity index (χ3v) is 3.56. The van der Waals surface area contributed by atoms with E-state index in [9.17, 15) is 14.9 Å². The van der Waals surface area contributed by atoms with Gasteiger partial charge in [-0.25, -0.2) is 0 Å². The molecule has 118 valence electrons. The van der Waals surface area contributed by atoms with E-state index in [1.807, 2.05) is 20.0 Å². The van der Waals surface area contributed by atoms with Crippen molar-refractivity contribution in [1.82, 2.24) is 24.9 Å². The minimum Gasteiger partial charge on any atom is -0.358 e. The summed E-state index contributed by atoms with van der Waals surface area (Å²) in [5.74, 6) is -0.994. The summed E-state index contributed by atoms with van der Waals surface area (Å²) in [5, 5.41) is 20.5. The molecule has 2 heterocycles. The van der Waals surface area contributed by atoms with Crippen molar-refractivity contribution >= 4 is 23.3 Å². The second-order valence-corrected chi connectivity index (χ2v) is 5.13. The van der Waals surface area contributed by atoms with Crippen LogP contribution in [0.25, 0.3) is 0 Å². The summed E-state index contributed by atoms with van der Waals surface area (Å²) in [6.45, 7) is 4.86. The minimum atomic E-state index is -0.721. The summed E-state index contributed by atoms with van der Waals surface area (Å²) < 4.78 is 1.77. The molecule has 0 aromatic carbocycles. The second kappa shape index (κ2) is 6.14. The Morgan fingerprint density at radius 2 is 2.27 bits per heavy atom. The largest absolute Gasteiger partial charge is 0.362 e. The zero-order valence-electron chi connectivity index (χ0n) is 12.3. The van der Waals surface area contributed by atoms with E-state index in [0.717, 1.165) is 17.8 Å². The van der Waals surface area contributed by atoms with Gasteiger partial charge in [0, 0.05) is 31.9 Å². The zero-order chi connectivity index (χ0) is 16.4. The number of hydrogen-bond donors (Lipinski definition) is 1. The number of aromatic amines is 1. The molecule has 1 amide bonds. The summed E-state index contributed by atoms with van der Waals surface area (Å²) in [6, 6.07) is 0. The van der Waals surface area contributed by atoms with Crippen molar-refractivity contribution in [3.05, 3.63) is 38.3 Å². The number of amides is 1. The fourth-order valence-electron chi connectivity index (χ4n) is 1.97. The Kier molecular flexibility index (Phi) is 4.45. The molecule has 0 atom stereocenters. The summed E-state index contributed by atoms with van der Waals surface area (Å²) in [5.41, 5.74) is 1.54. The molecule has 0 unspecified atom stereocenters. The molecule has 0 saturated heterocycles. The predicted molar refractivity (Wildman–Crippen MR) is 78.7 cm³/mol. The van der Waals surface area contributed by atoms with Gasteiger partial charge in [0.15, 0.2) is 10.7 Å². The van der Waals surface area contributed by atoms with Crippen molar-refractivity contribution in [2.75, 3.05) is 7.05 Å². The normalized spacial score (nSPS) is 10.7. The molecule has 2 aromatic heterocycles. The lowest BCUT2D eigenvalue weighted by Gasteiger charge is -2.15. The van der Waals surface area contributed by atoms with Crippen LogP contribution in [-0.4, -0.2) is 42.8 Å². The highest BCUT2D eigenvalue weighted by atomic mass is 35.5. The molecule has 0 bridgehead atoms. The summed E-state index contributed by atoms with van der Waals surface area (Å²) in [4.78, 5) is 23.7. The van der Waals surface area contributed by atoms with E-state index >= 15 is 0 Å². The van der Waals surface area contributed by atoms with Crippen LogP contribution in [-0.2, 0) is 13.1 Å². The van der Waals surface area contributed by atoms with Crippen molar-refractivity contribution in [2.45, 2.75) is 26.9 Å². The molecule has 0 saturated carbocycles. The summed E-state index contributed by atoms with van der Waals surface area (Å²) in [6.07, 6.45) is 1.85. The van der Waals surface area contributed by atoms with Crippen molar-refractivity contribution in [2.24, 2.45) is 0 Å². The van der Waals surface area contributed by atoms with Crippen LogP contribution in [0.4, 0.5) is 5.82 Å². The van der Waals surface area contributed by atoms with Crippen molar-refractivity contribution in [3.8, 4) is 0 Å². The van der Waals surface area contributed by atoms with Gasteiger partial charge in [-0.3, -0.25) is 9.48 Å². The Balaban J connectivity index is 2.18. The van der Waals surface area contributed by atoms with E-state index in [4.69, 9.17) is 11.6 Å². The van der Waals surface area contributed by atoms with Crippen LogP contribution < -0.4 is 0 Å². The number of aromatic nitrogens is 4. The standard InChI is InChI=1S/C12H15ClN6O3/c1-4-18-6-8(7(2)16-18)5-17(3)12(20)10-9(13)11(15-14-10)19(21)22/h6H,4-5H2,1-3H3,(H,14,15). The number of nitrogens with one attached hydrogen (secondary N) is 1. The SMILES string of the molecule is CCn1cc(CN(C)C(=O)c2n[nH]c([N+](=O)[O-])c2Cl)c(C)n1. The molecule has 22 heavy (non-hydrogen) atoms. The fourth-order valence-corrected chi connectivity index (χ4v) is 2.20. The van der Waals surface area contributed by atoms with Crippen LogP contribution >= 0.6 is 11.6 Å². The van der Waals surface area contributed by atoms with E-state index in [0.29, 0.717) is 6.54 Å². The van der Waals surface area contributed by atoms with Gasteiger partial charge in [-0.2, -0.15) is 5.10 Å². The first kappa shape index (κ1) is 16.0. The number of hydrogen-bond acceptors (Lipinski definition) is 5. The topological polar surface area (TPSA) is 110 Å². The lowest BCUT2D eigenvalue weighted by Crippen LogP contribution is -2.27. The van der Waals surface area contributed by atoms with Gasteiger partial charge in [0.1, 0.15) is 0 Å². The number of rotatable bonds is 5. The molecule has 2 rings (SSSR count). The number of halogens is 1. The van der Waals surface area contributed by atoms with Crippen molar-refractivity contribution in [1.29, 1.82) is 0 Å². The van der Waals surface area contributed by atoms with Crippen LogP contribution in [0.5, 0.6) is 0 Å². The molecule has 0 fully saturated rings. The third-order valence-electron chi connectivity index (χ3n) is 3.20. The average molecular weight is 327 g/mol. The highest BCUT2D eigenvalue weighted by Gasteiger charge is 2.27. The number of aryl methyl sites for hydroxylation is 2. The fraction of sp³-hybridized carbons (Fsp3) is 0.417. The Morgan fingerprint density at radius 3 is 2.77 bits per heavy atom. The van der Waals surface area contributed by atoms with Crippen molar-refractivity contribution in [3.63, 3.8) is 0 Å². The maximum Gasteiger partial charge on any atom is 0.362 e. The second-order valence-electron chi connectivity index (χ2n) is 4.75. The highest BCUT2D eigenvalue weighted by Crippen LogP contribution is 2.26. The van der Waals surface area contributed by atoms with Crippen LogP contribution in [0.15, 0.2) is 6.20 Å². The van der Waals surface area contributed by atoms with Crippen LogP contribution in [0.3, 0.4) is 0 Å². The van der Waals surface area contributed by atoms with E-state index in [2.05, 4.69) is 15.3 Å².